The highest BCUT2D eigenvalue weighted by Crippen LogP contribution is 2.32. The standard InChI is InChI=1S/C22H22N4/c1-13-7-6-8-14(2)21(13)26-20-12-23-16(4)11-19(20)25-22(26)18-10-9-15(3)24-17(18)5/h6-12H,1-5H3/i4D3. The summed E-state index contributed by atoms with van der Waals surface area (Å²) < 4.78 is 25.1. The fourth-order valence-corrected chi connectivity index (χ4v) is 3.47. The number of nitrogens with zero attached hydrogens (tertiary/aromatic N) is 4. The molecule has 0 fully saturated rings. The van der Waals surface area contributed by atoms with Gasteiger partial charge in [-0.2, -0.15) is 0 Å². The second-order valence-corrected chi connectivity index (χ2v) is 6.66. The van der Waals surface area contributed by atoms with Gasteiger partial charge < -0.3 is 0 Å². The van der Waals surface area contributed by atoms with Crippen molar-refractivity contribution in [3.63, 3.8) is 0 Å². The van der Waals surface area contributed by atoms with Gasteiger partial charge in [-0.25, -0.2) is 4.98 Å². The molecule has 0 aliphatic rings. The molecule has 0 atom stereocenters. The van der Waals surface area contributed by atoms with Gasteiger partial charge in [-0.1, -0.05) is 18.2 Å². The number of para-hydroxylation sites is 1. The molecule has 4 heteroatoms. The number of fused-ring (bicyclic) bond motifs is 1. The maximum Gasteiger partial charge on any atom is 0.147 e. The minimum Gasteiger partial charge on any atom is -0.290 e. The normalized spacial score (nSPS) is 13.5. The molecule has 0 N–H and O–H groups in total. The number of imidazole rings is 1. The fourth-order valence-electron chi connectivity index (χ4n) is 3.47. The van der Waals surface area contributed by atoms with Crippen molar-refractivity contribution in [2.75, 3.05) is 0 Å². The number of pyridine rings is 2. The summed E-state index contributed by atoms with van der Waals surface area (Å²) in [5.74, 6) is 0.729. The summed E-state index contributed by atoms with van der Waals surface area (Å²) in [6.45, 7) is 5.75. The van der Waals surface area contributed by atoms with Crippen molar-refractivity contribution in [3.8, 4) is 17.1 Å². The largest absolute Gasteiger partial charge is 0.290 e. The molecule has 0 aliphatic carbocycles. The van der Waals surface area contributed by atoms with Crippen LogP contribution in [0.15, 0.2) is 42.6 Å². The maximum atomic E-state index is 7.69. The molecule has 4 nitrogen and oxygen atoms in total. The summed E-state index contributed by atoms with van der Waals surface area (Å²) in [6, 6.07) is 11.7. The Balaban J connectivity index is 2.11. The lowest BCUT2D eigenvalue weighted by atomic mass is 10.1. The molecule has 130 valence electrons. The molecule has 0 saturated heterocycles. The lowest BCUT2D eigenvalue weighted by Gasteiger charge is -2.16. The average Bonchev–Trinajstić information content (AvgIpc) is 2.99. The molecular formula is C22H22N4. The molecule has 3 heterocycles. The van der Waals surface area contributed by atoms with Gasteiger partial charge in [0.05, 0.1) is 22.9 Å². The highest BCUT2D eigenvalue weighted by atomic mass is 15.1. The van der Waals surface area contributed by atoms with Gasteiger partial charge in [0, 0.05) is 26.8 Å². The Labute approximate surface area is 157 Å². The van der Waals surface area contributed by atoms with Crippen LogP contribution in [0.3, 0.4) is 0 Å². The number of rotatable bonds is 2. The first-order valence-corrected chi connectivity index (χ1v) is 8.57. The van der Waals surface area contributed by atoms with Crippen LogP contribution >= 0.6 is 0 Å². The van der Waals surface area contributed by atoms with Crippen LogP contribution in [-0.2, 0) is 0 Å². The highest BCUT2D eigenvalue weighted by molar-refractivity contribution is 5.84. The third kappa shape index (κ3) is 2.58. The molecule has 1 aromatic carbocycles. The number of benzene rings is 1. The van der Waals surface area contributed by atoms with Gasteiger partial charge in [-0.15, -0.1) is 0 Å². The monoisotopic (exact) mass is 345 g/mol. The van der Waals surface area contributed by atoms with Gasteiger partial charge >= 0.3 is 0 Å². The third-order valence-electron chi connectivity index (χ3n) is 4.67. The van der Waals surface area contributed by atoms with E-state index >= 15 is 0 Å². The molecule has 0 saturated carbocycles. The van der Waals surface area contributed by atoms with Crippen LogP contribution in [0.1, 0.15) is 32.3 Å². The van der Waals surface area contributed by atoms with Gasteiger partial charge in [0.1, 0.15) is 5.82 Å². The Morgan fingerprint density at radius 1 is 0.923 bits per heavy atom. The van der Waals surface area contributed by atoms with E-state index in [-0.39, 0.29) is 5.69 Å². The van der Waals surface area contributed by atoms with Crippen molar-refractivity contribution in [2.45, 2.75) is 34.5 Å². The molecular weight excluding hydrogens is 320 g/mol. The molecule has 0 radical (unpaired) electrons. The van der Waals surface area contributed by atoms with E-state index in [0.717, 1.165) is 45.1 Å². The third-order valence-corrected chi connectivity index (χ3v) is 4.67. The molecule has 26 heavy (non-hydrogen) atoms. The Kier molecular flexibility index (Phi) is 3.08. The number of hydrogen-bond donors (Lipinski definition) is 0. The SMILES string of the molecule is [2H]C([2H])([2H])c1cc2nc(-c3ccc(C)nc3C)n(-c3c(C)cccc3C)c2cn1. The van der Waals surface area contributed by atoms with E-state index in [4.69, 9.17) is 9.10 Å². The molecule has 0 amide bonds. The molecule has 4 rings (SSSR count). The summed E-state index contributed by atoms with van der Waals surface area (Å²) in [7, 11) is 0. The fraction of sp³-hybridized carbons (Fsp3) is 0.227. The Morgan fingerprint density at radius 2 is 1.69 bits per heavy atom. The smallest absolute Gasteiger partial charge is 0.147 e. The summed E-state index contributed by atoms with van der Waals surface area (Å²) in [6.07, 6.45) is 1.61. The summed E-state index contributed by atoms with van der Waals surface area (Å²) in [5.41, 5.74) is 7.35. The van der Waals surface area contributed by atoms with Crippen molar-refractivity contribution in [1.29, 1.82) is 0 Å². The predicted octanol–water partition coefficient (Wildman–Crippen LogP) is 5.02. The highest BCUT2D eigenvalue weighted by Gasteiger charge is 2.19. The van der Waals surface area contributed by atoms with Crippen LogP contribution in [-0.4, -0.2) is 19.5 Å². The zero-order valence-corrected chi connectivity index (χ0v) is 15.3. The topological polar surface area (TPSA) is 43.6 Å². The quantitative estimate of drug-likeness (QED) is 0.512. The lowest BCUT2D eigenvalue weighted by Crippen LogP contribution is -2.04. The number of aromatic nitrogens is 4. The van der Waals surface area contributed by atoms with Crippen molar-refractivity contribution < 1.29 is 4.11 Å². The van der Waals surface area contributed by atoms with Gasteiger partial charge in [0.25, 0.3) is 0 Å². The van der Waals surface area contributed by atoms with E-state index in [1.807, 2.05) is 32.0 Å². The second kappa shape index (κ2) is 6.06. The minimum absolute atomic E-state index is 0.0430. The molecule has 4 aromatic rings. The van der Waals surface area contributed by atoms with E-state index in [2.05, 4.69) is 40.5 Å². The van der Waals surface area contributed by atoms with Gasteiger partial charge in [-0.05, 0) is 63.9 Å². The lowest BCUT2D eigenvalue weighted by molar-refractivity contribution is 1.04. The van der Waals surface area contributed by atoms with E-state index in [1.54, 1.807) is 12.3 Å². The summed E-state index contributed by atoms with van der Waals surface area (Å²) >= 11 is 0. The van der Waals surface area contributed by atoms with Crippen LogP contribution in [0.25, 0.3) is 28.1 Å². The van der Waals surface area contributed by atoms with Crippen molar-refractivity contribution in [1.82, 2.24) is 19.5 Å². The van der Waals surface area contributed by atoms with Gasteiger partial charge in [0.15, 0.2) is 0 Å². The van der Waals surface area contributed by atoms with E-state index in [0.29, 0.717) is 5.52 Å². The second-order valence-electron chi connectivity index (χ2n) is 6.66. The summed E-state index contributed by atoms with van der Waals surface area (Å²) in [5, 5.41) is 0. The predicted molar refractivity (Wildman–Crippen MR) is 106 cm³/mol. The number of hydrogen-bond acceptors (Lipinski definition) is 3. The first kappa shape index (κ1) is 13.2. The zero-order valence-electron chi connectivity index (χ0n) is 18.3. The zero-order chi connectivity index (χ0) is 20.9. The number of aryl methyl sites for hydroxylation is 5. The van der Waals surface area contributed by atoms with Gasteiger partial charge in [0.2, 0.25) is 0 Å². The van der Waals surface area contributed by atoms with Crippen molar-refractivity contribution in [3.05, 3.63) is 70.8 Å². The minimum atomic E-state index is -2.28. The maximum absolute atomic E-state index is 7.69. The van der Waals surface area contributed by atoms with Crippen molar-refractivity contribution in [2.24, 2.45) is 0 Å². The Hall–Kier alpha value is -3.01. The van der Waals surface area contributed by atoms with Crippen LogP contribution < -0.4 is 0 Å². The van der Waals surface area contributed by atoms with Crippen LogP contribution in [0.4, 0.5) is 0 Å². The van der Waals surface area contributed by atoms with Gasteiger partial charge in [-0.3, -0.25) is 14.5 Å². The molecule has 0 spiro atoms. The molecule has 0 aliphatic heterocycles. The Bertz CT molecular complexity index is 1220. The first-order chi connectivity index (χ1) is 13.7. The summed E-state index contributed by atoms with van der Waals surface area (Å²) in [4.78, 5) is 13.7. The van der Waals surface area contributed by atoms with Crippen LogP contribution in [0.2, 0.25) is 0 Å². The average molecular weight is 345 g/mol. The van der Waals surface area contributed by atoms with Crippen LogP contribution in [0.5, 0.6) is 0 Å². The van der Waals surface area contributed by atoms with E-state index in [1.165, 1.54) is 0 Å². The Morgan fingerprint density at radius 3 is 2.38 bits per heavy atom. The first-order valence-electron chi connectivity index (χ1n) is 10.1. The van der Waals surface area contributed by atoms with E-state index < -0.39 is 6.85 Å². The van der Waals surface area contributed by atoms with E-state index in [9.17, 15) is 0 Å². The van der Waals surface area contributed by atoms with Crippen LogP contribution in [0, 0.1) is 34.5 Å². The molecule has 0 unspecified atom stereocenters. The molecule has 3 aromatic heterocycles. The molecule has 0 bridgehead atoms. The van der Waals surface area contributed by atoms with Crippen molar-refractivity contribution >= 4 is 11.0 Å².